The summed E-state index contributed by atoms with van der Waals surface area (Å²) in [4.78, 5) is 23.1. The first-order valence-electron chi connectivity index (χ1n) is 8.37. The maximum absolute atomic E-state index is 12.3. The van der Waals surface area contributed by atoms with Crippen LogP contribution in [-0.4, -0.2) is 17.0 Å². The molecule has 2 aromatic carbocycles. The third kappa shape index (κ3) is 4.18. The number of thiophene rings is 1. The van der Waals surface area contributed by atoms with Gasteiger partial charge < -0.3 is 4.42 Å². The van der Waals surface area contributed by atoms with Crippen molar-refractivity contribution >= 4 is 50.8 Å². The van der Waals surface area contributed by atoms with E-state index in [-0.39, 0.29) is 5.69 Å². The van der Waals surface area contributed by atoms with Gasteiger partial charge in [0.1, 0.15) is 11.5 Å². The zero-order valence-corrected chi connectivity index (χ0v) is 16.2. The van der Waals surface area contributed by atoms with Crippen LogP contribution in [0.5, 0.6) is 0 Å². The van der Waals surface area contributed by atoms with Crippen molar-refractivity contribution in [2.24, 2.45) is 5.10 Å². The molecule has 4 rings (SSSR count). The van der Waals surface area contributed by atoms with Gasteiger partial charge in [0.2, 0.25) is 0 Å². The number of rotatable bonds is 5. The molecule has 9 heteroatoms. The third-order valence-electron chi connectivity index (χ3n) is 4.03. The molecule has 7 nitrogen and oxygen atoms in total. The Morgan fingerprint density at radius 1 is 1.17 bits per heavy atom. The number of carbonyl (C=O) groups excluding carboxylic acids is 1. The van der Waals surface area contributed by atoms with Crippen molar-refractivity contribution in [1.29, 1.82) is 0 Å². The lowest BCUT2D eigenvalue weighted by Gasteiger charge is -1.97. The van der Waals surface area contributed by atoms with Crippen molar-refractivity contribution in [2.75, 3.05) is 0 Å². The standard InChI is InChI=1S/C20H12ClN3O4S/c21-14-3-1-2-12(8-14)17-6-5-16(28-17)11-22-23-20(25)19-10-13-9-15(24(26)27)4-7-18(13)29-19/h1-11H,(H,23,25)/b22-11-. The fraction of sp³-hybridized carbons (Fsp3) is 0. The molecule has 0 fully saturated rings. The highest BCUT2D eigenvalue weighted by Crippen LogP contribution is 2.29. The van der Waals surface area contributed by atoms with E-state index in [2.05, 4.69) is 10.5 Å². The maximum atomic E-state index is 12.3. The molecule has 0 saturated carbocycles. The first-order chi connectivity index (χ1) is 14.0. The lowest BCUT2D eigenvalue weighted by atomic mass is 10.2. The van der Waals surface area contributed by atoms with E-state index in [1.54, 1.807) is 36.4 Å². The van der Waals surface area contributed by atoms with Gasteiger partial charge in [-0.3, -0.25) is 14.9 Å². The van der Waals surface area contributed by atoms with E-state index in [9.17, 15) is 14.9 Å². The normalized spacial score (nSPS) is 11.2. The van der Waals surface area contributed by atoms with Gasteiger partial charge in [-0.2, -0.15) is 5.10 Å². The molecular weight excluding hydrogens is 414 g/mol. The van der Waals surface area contributed by atoms with Gasteiger partial charge in [0, 0.05) is 32.8 Å². The van der Waals surface area contributed by atoms with Crippen LogP contribution < -0.4 is 5.43 Å². The van der Waals surface area contributed by atoms with Gasteiger partial charge in [0.05, 0.1) is 16.0 Å². The van der Waals surface area contributed by atoms with E-state index in [1.807, 2.05) is 12.1 Å². The minimum absolute atomic E-state index is 0.0198. The Morgan fingerprint density at radius 2 is 2.03 bits per heavy atom. The first-order valence-corrected chi connectivity index (χ1v) is 9.56. The maximum Gasteiger partial charge on any atom is 0.281 e. The Balaban J connectivity index is 1.45. The molecule has 0 aliphatic rings. The Labute approximate surface area is 173 Å². The topological polar surface area (TPSA) is 97.7 Å². The summed E-state index contributed by atoms with van der Waals surface area (Å²) in [5.41, 5.74) is 3.24. The van der Waals surface area contributed by atoms with Crippen molar-refractivity contribution in [1.82, 2.24) is 5.43 Å². The van der Waals surface area contributed by atoms with Crippen LogP contribution in [0.4, 0.5) is 5.69 Å². The van der Waals surface area contributed by atoms with Crippen LogP contribution in [0.15, 0.2) is 70.2 Å². The number of non-ortho nitro benzene ring substituents is 1. The number of hydrogen-bond acceptors (Lipinski definition) is 6. The molecule has 0 unspecified atom stereocenters. The zero-order chi connectivity index (χ0) is 20.4. The van der Waals surface area contributed by atoms with E-state index in [0.29, 0.717) is 26.8 Å². The van der Waals surface area contributed by atoms with E-state index in [0.717, 1.165) is 10.3 Å². The van der Waals surface area contributed by atoms with Crippen LogP contribution in [0, 0.1) is 10.1 Å². The summed E-state index contributed by atoms with van der Waals surface area (Å²) >= 11 is 7.21. The molecule has 0 spiro atoms. The molecule has 0 saturated heterocycles. The number of hydrazone groups is 1. The molecule has 0 bridgehead atoms. The molecule has 2 heterocycles. The van der Waals surface area contributed by atoms with Gasteiger partial charge in [-0.1, -0.05) is 23.7 Å². The Morgan fingerprint density at radius 3 is 2.83 bits per heavy atom. The molecule has 0 atom stereocenters. The van der Waals surface area contributed by atoms with Gasteiger partial charge in [0.15, 0.2) is 0 Å². The first kappa shape index (κ1) is 18.9. The van der Waals surface area contributed by atoms with Crippen LogP contribution in [0.25, 0.3) is 21.4 Å². The predicted octanol–water partition coefficient (Wildman–Crippen LogP) is 5.49. The smallest absolute Gasteiger partial charge is 0.281 e. The fourth-order valence-electron chi connectivity index (χ4n) is 2.68. The zero-order valence-electron chi connectivity index (χ0n) is 14.7. The number of fused-ring (bicyclic) bond motifs is 1. The Hall–Kier alpha value is -3.49. The monoisotopic (exact) mass is 425 g/mol. The van der Waals surface area contributed by atoms with E-state index in [4.69, 9.17) is 16.0 Å². The number of benzene rings is 2. The highest BCUT2D eigenvalue weighted by molar-refractivity contribution is 7.20. The number of hydrogen-bond donors (Lipinski definition) is 1. The van der Waals surface area contributed by atoms with E-state index in [1.165, 1.54) is 29.7 Å². The van der Waals surface area contributed by atoms with Gasteiger partial charge >= 0.3 is 0 Å². The van der Waals surface area contributed by atoms with Crippen LogP contribution in [0.1, 0.15) is 15.4 Å². The van der Waals surface area contributed by atoms with Crippen molar-refractivity contribution in [3.8, 4) is 11.3 Å². The molecular formula is C20H12ClN3O4S. The Kier molecular flexibility index (Phi) is 5.11. The summed E-state index contributed by atoms with van der Waals surface area (Å²) in [6.07, 6.45) is 1.39. The summed E-state index contributed by atoms with van der Waals surface area (Å²) in [6, 6.07) is 16.8. The molecule has 2 aromatic heterocycles. The van der Waals surface area contributed by atoms with Crippen LogP contribution in [-0.2, 0) is 0 Å². The quantitative estimate of drug-likeness (QED) is 0.260. The molecule has 4 aromatic rings. The fourth-order valence-corrected chi connectivity index (χ4v) is 3.81. The molecule has 0 radical (unpaired) electrons. The van der Waals surface area contributed by atoms with Gasteiger partial charge in [-0.15, -0.1) is 11.3 Å². The van der Waals surface area contributed by atoms with Crippen molar-refractivity contribution in [3.63, 3.8) is 0 Å². The van der Waals surface area contributed by atoms with Crippen LogP contribution in [0.2, 0.25) is 5.02 Å². The molecule has 144 valence electrons. The number of amides is 1. The van der Waals surface area contributed by atoms with Gasteiger partial charge in [0.25, 0.3) is 11.6 Å². The minimum Gasteiger partial charge on any atom is -0.455 e. The SMILES string of the molecule is O=C(N/N=C\c1ccc(-c2cccc(Cl)c2)o1)c1cc2cc([N+](=O)[O-])ccc2s1. The summed E-state index contributed by atoms with van der Waals surface area (Å²) in [5.74, 6) is 0.686. The summed E-state index contributed by atoms with van der Waals surface area (Å²) in [5, 5.41) is 16.0. The number of carbonyl (C=O) groups is 1. The van der Waals surface area contributed by atoms with Gasteiger partial charge in [-0.05, 0) is 36.4 Å². The van der Waals surface area contributed by atoms with Crippen molar-refractivity contribution in [2.45, 2.75) is 0 Å². The average Bonchev–Trinajstić information content (AvgIpc) is 3.34. The second-order valence-corrected chi connectivity index (χ2v) is 7.52. The number of nitro groups is 1. The lowest BCUT2D eigenvalue weighted by molar-refractivity contribution is -0.384. The summed E-state index contributed by atoms with van der Waals surface area (Å²) in [6.45, 7) is 0. The highest BCUT2D eigenvalue weighted by Gasteiger charge is 2.13. The highest BCUT2D eigenvalue weighted by atomic mass is 35.5. The van der Waals surface area contributed by atoms with Crippen LogP contribution in [0.3, 0.4) is 0 Å². The third-order valence-corrected chi connectivity index (χ3v) is 5.38. The Bertz CT molecular complexity index is 1260. The van der Waals surface area contributed by atoms with Crippen LogP contribution >= 0.6 is 22.9 Å². The minimum atomic E-state index is -0.470. The second kappa shape index (κ2) is 7.86. The van der Waals surface area contributed by atoms with Crippen molar-refractivity contribution in [3.05, 3.63) is 86.4 Å². The second-order valence-electron chi connectivity index (χ2n) is 6.00. The molecule has 1 N–H and O–H groups in total. The summed E-state index contributed by atoms with van der Waals surface area (Å²) < 4.78 is 6.45. The largest absolute Gasteiger partial charge is 0.455 e. The predicted molar refractivity (Wildman–Crippen MR) is 113 cm³/mol. The number of halogens is 1. The number of nitrogens with one attached hydrogen (secondary N) is 1. The molecule has 1 amide bonds. The van der Waals surface area contributed by atoms with E-state index < -0.39 is 10.8 Å². The number of nitrogens with zero attached hydrogens (tertiary/aromatic N) is 2. The number of furan rings is 1. The van der Waals surface area contributed by atoms with E-state index >= 15 is 0 Å². The lowest BCUT2D eigenvalue weighted by Crippen LogP contribution is -2.15. The molecule has 29 heavy (non-hydrogen) atoms. The molecule has 0 aliphatic heterocycles. The average molecular weight is 426 g/mol. The van der Waals surface area contributed by atoms with Crippen molar-refractivity contribution < 1.29 is 14.1 Å². The summed E-state index contributed by atoms with van der Waals surface area (Å²) in [7, 11) is 0. The van der Waals surface area contributed by atoms with Gasteiger partial charge in [-0.25, -0.2) is 5.43 Å². The molecule has 0 aliphatic carbocycles. The number of nitro benzene ring substituents is 1.